The van der Waals surface area contributed by atoms with E-state index in [1.807, 2.05) is 11.3 Å². The van der Waals surface area contributed by atoms with Crippen LogP contribution in [0.25, 0.3) is 81.0 Å². The van der Waals surface area contributed by atoms with E-state index < -0.39 is 0 Å². The summed E-state index contributed by atoms with van der Waals surface area (Å²) in [6.07, 6.45) is 0. The van der Waals surface area contributed by atoms with E-state index in [1.165, 1.54) is 92.2 Å². The number of hydrogen-bond acceptors (Lipinski definition) is 1. The highest BCUT2D eigenvalue weighted by Crippen LogP contribution is 2.54. The molecule has 0 N–H and O–H groups in total. The fourth-order valence-corrected chi connectivity index (χ4v) is 9.31. The minimum absolute atomic E-state index is 0.0803. The topological polar surface area (TPSA) is 4.93 Å². The van der Waals surface area contributed by atoms with Crippen molar-refractivity contribution in [1.82, 2.24) is 4.57 Å². The molecule has 222 valence electrons. The second kappa shape index (κ2) is 9.78. The first-order valence-corrected chi connectivity index (χ1v) is 17.2. The molecule has 2 heteroatoms. The van der Waals surface area contributed by atoms with E-state index in [0.29, 0.717) is 0 Å². The van der Waals surface area contributed by atoms with Gasteiger partial charge in [-0.1, -0.05) is 117 Å². The third-order valence-corrected chi connectivity index (χ3v) is 11.6. The van der Waals surface area contributed by atoms with Gasteiger partial charge in [-0.3, -0.25) is 0 Å². The van der Waals surface area contributed by atoms with Crippen LogP contribution in [0.4, 0.5) is 0 Å². The normalized spacial score (nSPS) is 13.5. The molecule has 1 aliphatic carbocycles. The average molecular weight is 618 g/mol. The van der Waals surface area contributed by atoms with Gasteiger partial charge < -0.3 is 4.57 Å². The highest BCUT2D eigenvalue weighted by molar-refractivity contribution is 7.26. The van der Waals surface area contributed by atoms with Gasteiger partial charge in [0.25, 0.3) is 0 Å². The Morgan fingerprint density at radius 2 is 1.09 bits per heavy atom. The quantitative estimate of drug-likeness (QED) is 0.186. The van der Waals surface area contributed by atoms with Gasteiger partial charge in [0.05, 0.1) is 11.0 Å². The second-order valence-corrected chi connectivity index (χ2v) is 14.4. The summed E-state index contributed by atoms with van der Waals surface area (Å²) in [5.41, 5.74) is 14.2. The minimum atomic E-state index is -0.0803. The van der Waals surface area contributed by atoms with E-state index >= 15 is 0 Å². The Morgan fingerprint density at radius 1 is 0.468 bits per heavy atom. The van der Waals surface area contributed by atoms with Gasteiger partial charge in [-0.15, -0.1) is 11.3 Å². The molecule has 0 saturated carbocycles. The number of nitrogens with zero attached hydrogens (tertiary/aromatic N) is 1. The van der Waals surface area contributed by atoms with Gasteiger partial charge in [-0.2, -0.15) is 0 Å². The molecule has 7 aromatic carbocycles. The van der Waals surface area contributed by atoms with Gasteiger partial charge in [0.1, 0.15) is 0 Å². The van der Waals surface area contributed by atoms with Crippen LogP contribution in [-0.4, -0.2) is 4.57 Å². The van der Waals surface area contributed by atoms with Crippen molar-refractivity contribution in [2.45, 2.75) is 19.3 Å². The lowest BCUT2D eigenvalue weighted by molar-refractivity contribution is 0.661. The lowest BCUT2D eigenvalue weighted by atomic mass is 9.81. The lowest BCUT2D eigenvalue weighted by Crippen LogP contribution is -2.14. The number of rotatable bonds is 3. The van der Waals surface area contributed by atoms with E-state index in [9.17, 15) is 0 Å². The molecule has 0 fully saturated rings. The summed E-state index contributed by atoms with van der Waals surface area (Å²) in [7, 11) is 0. The summed E-state index contributed by atoms with van der Waals surface area (Å²) in [5.74, 6) is 0. The standard InChI is InChI=1S/C45H31NS/c1-45(2)38-22-21-34-33-15-9-10-16-42(33)47-44(34)43(38)35-20-17-31(27-39(35)45)30-19-24-41-37(26-30)36-25-29(28-11-5-3-6-12-28)18-23-40(36)46(41)32-13-7-4-8-14-32/h3-27H,1-2H3. The smallest absolute Gasteiger partial charge is 0.0541 e. The molecule has 2 heterocycles. The van der Waals surface area contributed by atoms with Crippen LogP contribution in [0.15, 0.2) is 152 Å². The highest BCUT2D eigenvalue weighted by Gasteiger charge is 2.37. The van der Waals surface area contributed by atoms with Gasteiger partial charge in [-0.05, 0) is 87.5 Å². The molecule has 0 saturated heterocycles. The summed E-state index contributed by atoms with van der Waals surface area (Å²) in [6, 6.07) is 56.1. The van der Waals surface area contributed by atoms with E-state index in [2.05, 4.69) is 170 Å². The molecule has 10 rings (SSSR count). The van der Waals surface area contributed by atoms with E-state index in [4.69, 9.17) is 0 Å². The summed E-state index contributed by atoms with van der Waals surface area (Å²) in [5, 5.41) is 5.27. The molecule has 0 spiro atoms. The molecule has 1 aliphatic rings. The SMILES string of the molecule is CC1(C)c2cc(-c3ccc4c(c3)c3cc(-c5ccccc5)ccc3n4-c3ccccc3)ccc2-c2c1ccc1c2sc2ccccc21. The number of aromatic nitrogens is 1. The van der Waals surface area contributed by atoms with Crippen LogP contribution in [0.3, 0.4) is 0 Å². The third-order valence-electron chi connectivity index (χ3n) is 10.4. The van der Waals surface area contributed by atoms with Crippen molar-refractivity contribution >= 4 is 53.3 Å². The molecule has 0 radical (unpaired) electrons. The largest absolute Gasteiger partial charge is 0.309 e. The Labute approximate surface area is 278 Å². The molecule has 0 aliphatic heterocycles. The maximum absolute atomic E-state index is 2.46. The maximum atomic E-state index is 2.46. The molecular formula is C45H31NS. The van der Waals surface area contributed by atoms with Crippen molar-refractivity contribution < 1.29 is 0 Å². The number of thiophene rings is 1. The minimum Gasteiger partial charge on any atom is -0.309 e. The Hall–Kier alpha value is -5.44. The Balaban J connectivity index is 1.17. The number of para-hydroxylation sites is 1. The van der Waals surface area contributed by atoms with Crippen molar-refractivity contribution in [3.63, 3.8) is 0 Å². The van der Waals surface area contributed by atoms with Crippen molar-refractivity contribution in [2.75, 3.05) is 0 Å². The van der Waals surface area contributed by atoms with E-state index in [1.54, 1.807) is 0 Å². The zero-order valence-electron chi connectivity index (χ0n) is 26.3. The van der Waals surface area contributed by atoms with Crippen molar-refractivity contribution in [3.8, 4) is 39.1 Å². The van der Waals surface area contributed by atoms with Crippen LogP contribution in [0, 0.1) is 0 Å². The molecule has 9 aromatic rings. The third kappa shape index (κ3) is 3.83. The first-order chi connectivity index (χ1) is 23.1. The molecule has 0 unspecified atom stereocenters. The van der Waals surface area contributed by atoms with Crippen LogP contribution >= 0.6 is 11.3 Å². The summed E-state index contributed by atoms with van der Waals surface area (Å²) < 4.78 is 5.17. The van der Waals surface area contributed by atoms with Gasteiger partial charge in [0.15, 0.2) is 0 Å². The van der Waals surface area contributed by atoms with Gasteiger partial charge >= 0.3 is 0 Å². The highest BCUT2D eigenvalue weighted by atomic mass is 32.1. The molecule has 0 amide bonds. The zero-order valence-corrected chi connectivity index (χ0v) is 27.1. The van der Waals surface area contributed by atoms with Crippen LogP contribution in [0.2, 0.25) is 0 Å². The molecule has 0 atom stereocenters. The molecule has 47 heavy (non-hydrogen) atoms. The first-order valence-electron chi connectivity index (χ1n) is 16.4. The average Bonchev–Trinajstić information content (AvgIpc) is 3.74. The van der Waals surface area contributed by atoms with Crippen molar-refractivity contribution in [2.24, 2.45) is 0 Å². The van der Waals surface area contributed by atoms with Gasteiger partial charge in [0.2, 0.25) is 0 Å². The second-order valence-electron chi connectivity index (χ2n) is 13.3. The maximum Gasteiger partial charge on any atom is 0.0541 e. The predicted octanol–water partition coefficient (Wildman–Crippen LogP) is 12.8. The summed E-state index contributed by atoms with van der Waals surface area (Å²) >= 11 is 1.93. The molecular weight excluding hydrogens is 587 g/mol. The number of benzene rings is 7. The van der Waals surface area contributed by atoms with E-state index in [0.717, 1.165) is 0 Å². The van der Waals surface area contributed by atoms with Crippen LogP contribution < -0.4 is 0 Å². The van der Waals surface area contributed by atoms with Crippen LogP contribution in [-0.2, 0) is 5.41 Å². The molecule has 2 aromatic heterocycles. The van der Waals surface area contributed by atoms with E-state index in [-0.39, 0.29) is 5.41 Å². The fraction of sp³-hybridized carbons (Fsp3) is 0.0667. The van der Waals surface area contributed by atoms with Gasteiger partial charge in [0, 0.05) is 47.6 Å². The van der Waals surface area contributed by atoms with Crippen LogP contribution in [0.1, 0.15) is 25.0 Å². The van der Waals surface area contributed by atoms with Gasteiger partial charge in [-0.25, -0.2) is 0 Å². The van der Waals surface area contributed by atoms with Crippen molar-refractivity contribution in [1.29, 1.82) is 0 Å². The van der Waals surface area contributed by atoms with Crippen LogP contribution in [0.5, 0.6) is 0 Å². The summed E-state index contributed by atoms with van der Waals surface area (Å²) in [6.45, 7) is 4.78. The first kappa shape index (κ1) is 26.7. The zero-order chi connectivity index (χ0) is 31.3. The fourth-order valence-electron chi connectivity index (χ4n) is 8.05. The lowest BCUT2D eigenvalue weighted by Gasteiger charge is -2.22. The monoisotopic (exact) mass is 617 g/mol. The Bertz CT molecular complexity index is 2690. The molecule has 1 nitrogen and oxygen atoms in total. The Kier molecular flexibility index (Phi) is 5.57. The van der Waals surface area contributed by atoms with Crippen molar-refractivity contribution in [3.05, 3.63) is 163 Å². The summed E-state index contributed by atoms with van der Waals surface area (Å²) in [4.78, 5) is 0. The molecule has 0 bridgehead atoms. The Morgan fingerprint density at radius 3 is 1.83 bits per heavy atom. The predicted molar refractivity (Wildman–Crippen MR) is 202 cm³/mol. The number of fused-ring (bicyclic) bond motifs is 10. The number of hydrogen-bond donors (Lipinski definition) is 0.